The number of nitrogens with one attached hydrogen (secondary N) is 2. The van der Waals surface area contributed by atoms with Gasteiger partial charge in [-0.15, -0.1) is 0 Å². The van der Waals surface area contributed by atoms with Crippen molar-refractivity contribution in [1.82, 2.24) is 34.6 Å². The summed E-state index contributed by atoms with van der Waals surface area (Å²) in [5, 5.41) is 0. The van der Waals surface area contributed by atoms with Gasteiger partial charge in [0.2, 0.25) is 0 Å². The number of carbonyl (C=O) groups excluding carboxylic acids is 1. The molecule has 9 nitrogen and oxygen atoms in total. The number of aromatic nitrogens is 4. The van der Waals surface area contributed by atoms with E-state index in [0.717, 1.165) is 70.2 Å². The Morgan fingerprint density at radius 1 is 1.00 bits per heavy atom. The van der Waals surface area contributed by atoms with E-state index < -0.39 is 0 Å². The molecule has 1 unspecified atom stereocenters. The Hall–Kier alpha value is -3.01. The van der Waals surface area contributed by atoms with Crippen LogP contribution in [0.2, 0.25) is 0 Å². The fourth-order valence-electron chi connectivity index (χ4n) is 6.60. The fourth-order valence-corrected chi connectivity index (χ4v) is 6.60. The number of imidazole rings is 2. The molecule has 0 bridgehead atoms. The third kappa shape index (κ3) is 8.05. The molecule has 2 fully saturated rings. The van der Waals surface area contributed by atoms with Crippen molar-refractivity contribution in [2.45, 2.75) is 79.2 Å². The lowest BCUT2D eigenvalue weighted by Crippen LogP contribution is -2.44. The lowest BCUT2D eigenvalue weighted by atomic mass is 9.76. The van der Waals surface area contributed by atoms with Gasteiger partial charge in [0.25, 0.3) is 0 Å². The van der Waals surface area contributed by atoms with E-state index in [4.69, 9.17) is 4.74 Å². The molecule has 0 amide bonds. The minimum atomic E-state index is -0.166. The van der Waals surface area contributed by atoms with E-state index in [0.29, 0.717) is 25.1 Å². The molecule has 0 radical (unpaired) electrons. The first-order chi connectivity index (χ1) is 19.7. The van der Waals surface area contributed by atoms with Gasteiger partial charge >= 0.3 is 5.97 Å². The zero-order valence-corrected chi connectivity index (χ0v) is 25.2. The summed E-state index contributed by atoms with van der Waals surface area (Å²) < 4.78 is 5.55. The first kappa shape index (κ1) is 29.5. The van der Waals surface area contributed by atoms with Crippen molar-refractivity contribution in [2.24, 2.45) is 10.8 Å². The quantitative estimate of drug-likeness (QED) is 0.331. The fraction of sp³-hybridized carbons (Fsp3) is 0.594. The molecule has 222 valence electrons. The highest BCUT2D eigenvalue weighted by molar-refractivity contribution is 5.76. The molecule has 0 saturated carbocycles. The Kier molecular flexibility index (Phi) is 9.26. The van der Waals surface area contributed by atoms with E-state index in [1.165, 1.54) is 11.1 Å². The number of benzene rings is 1. The van der Waals surface area contributed by atoms with Gasteiger partial charge in [0.05, 0.1) is 19.7 Å². The lowest BCUT2D eigenvalue weighted by Gasteiger charge is -2.41. The van der Waals surface area contributed by atoms with Crippen LogP contribution in [0.3, 0.4) is 0 Å². The van der Waals surface area contributed by atoms with Crippen molar-refractivity contribution in [1.29, 1.82) is 0 Å². The highest BCUT2D eigenvalue weighted by atomic mass is 16.5. The van der Waals surface area contributed by atoms with Gasteiger partial charge in [-0.25, -0.2) is 9.97 Å². The van der Waals surface area contributed by atoms with Gasteiger partial charge < -0.3 is 19.6 Å². The second-order valence-corrected chi connectivity index (χ2v) is 13.2. The smallest absolute Gasteiger partial charge is 0.323 e. The Morgan fingerprint density at radius 3 is 2.15 bits per heavy atom. The second-order valence-electron chi connectivity index (χ2n) is 13.2. The molecule has 2 aliphatic rings. The molecule has 4 heterocycles. The molecule has 1 atom stereocenters. The summed E-state index contributed by atoms with van der Waals surface area (Å²) in [7, 11) is 0. The number of hydrogen-bond acceptors (Lipinski definition) is 7. The molecule has 1 spiro atoms. The maximum absolute atomic E-state index is 13.1. The Balaban J connectivity index is 1.23. The van der Waals surface area contributed by atoms with Crippen LogP contribution in [0.15, 0.2) is 49.1 Å². The summed E-state index contributed by atoms with van der Waals surface area (Å²) in [5.41, 5.74) is 2.97. The number of ether oxygens (including phenoxy) is 1. The first-order valence-corrected chi connectivity index (χ1v) is 15.1. The summed E-state index contributed by atoms with van der Waals surface area (Å²) >= 11 is 0. The molecule has 2 aliphatic heterocycles. The van der Waals surface area contributed by atoms with E-state index in [-0.39, 0.29) is 17.4 Å². The standard InChI is InChI=1S/C32H47N7O2/c1-5-41-30(40)27-18-32(10-16-37(17-11-32)23-31(2,3)4)24-39(27)20-26-8-6-25(7-9-26)19-38(21-28-33-12-13-34-28)22-29-35-14-15-36-29/h6-9,12-15,27H,5,10-11,16-24H2,1-4H3,(H,33,34)(H,35,36). The van der Waals surface area contributed by atoms with Crippen LogP contribution in [0.1, 0.15) is 69.7 Å². The monoisotopic (exact) mass is 561 g/mol. The number of likely N-dealkylation sites (tertiary alicyclic amines) is 2. The predicted octanol–water partition coefficient (Wildman–Crippen LogP) is 4.60. The van der Waals surface area contributed by atoms with Crippen molar-refractivity contribution in [3.05, 3.63) is 71.8 Å². The Bertz CT molecular complexity index is 1170. The zero-order valence-electron chi connectivity index (χ0n) is 25.2. The Morgan fingerprint density at radius 2 is 1.61 bits per heavy atom. The van der Waals surface area contributed by atoms with Crippen molar-refractivity contribution in [3.63, 3.8) is 0 Å². The number of piperidine rings is 1. The molecule has 3 aromatic rings. The maximum Gasteiger partial charge on any atom is 0.323 e. The van der Waals surface area contributed by atoms with Gasteiger partial charge in [-0.1, -0.05) is 45.0 Å². The van der Waals surface area contributed by atoms with Crippen LogP contribution in [0.25, 0.3) is 0 Å². The van der Waals surface area contributed by atoms with Gasteiger partial charge in [0, 0.05) is 51.0 Å². The number of nitrogens with zero attached hydrogens (tertiary/aromatic N) is 5. The number of H-pyrrole nitrogens is 2. The minimum absolute atomic E-state index is 0.0652. The number of hydrogen-bond donors (Lipinski definition) is 2. The number of rotatable bonds is 11. The predicted molar refractivity (Wildman–Crippen MR) is 160 cm³/mol. The van der Waals surface area contributed by atoms with Crippen LogP contribution < -0.4 is 0 Å². The zero-order chi connectivity index (χ0) is 28.9. The molecule has 9 heteroatoms. The summed E-state index contributed by atoms with van der Waals surface area (Å²) in [6, 6.07) is 8.69. The average molecular weight is 562 g/mol. The average Bonchev–Trinajstić information content (AvgIpc) is 3.69. The van der Waals surface area contributed by atoms with E-state index in [1.807, 2.05) is 19.3 Å². The Labute approximate surface area is 244 Å². The highest BCUT2D eigenvalue weighted by Crippen LogP contribution is 2.44. The van der Waals surface area contributed by atoms with Crippen LogP contribution in [-0.4, -0.2) is 79.4 Å². The van der Waals surface area contributed by atoms with Gasteiger partial charge in [0.1, 0.15) is 17.7 Å². The molecule has 5 rings (SSSR count). The van der Waals surface area contributed by atoms with Crippen molar-refractivity contribution < 1.29 is 9.53 Å². The first-order valence-electron chi connectivity index (χ1n) is 15.1. The third-order valence-electron chi connectivity index (χ3n) is 8.45. The second kappa shape index (κ2) is 12.9. The normalized spacial score (nSPS) is 19.8. The molecule has 2 N–H and O–H groups in total. The van der Waals surface area contributed by atoms with Gasteiger partial charge in [-0.05, 0) is 61.2 Å². The number of carbonyl (C=O) groups is 1. The van der Waals surface area contributed by atoms with Crippen molar-refractivity contribution in [3.8, 4) is 0 Å². The van der Waals surface area contributed by atoms with Crippen LogP contribution in [-0.2, 0) is 35.7 Å². The molecular formula is C32H47N7O2. The van der Waals surface area contributed by atoms with E-state index in [9.17, 15) is 4.79 Å². The van der Waals surface area contributed by atoms with Crippen molar-refractivity contribution >= 4 is 5.97 Å². The van der Waals surface area contributed by atoms with Crippen molar-refractivity contribution in [2.75, 3.05) is 32.8 Å². The molecule has 0 aliphatic carbocycles. The summed E-state index contributed by atoms with van der Waals surface area (Å²) in [5.74, 6) is 1.81. The maximum atomic E-state index is 13.1. The summed E-state index contributed by atoms with van der Waals surface area (Å²) in [6.07, 6.45) is 10.5. The number of aromatic amines is 2. The number of esters is 1. The molecule has 2 aromatic heterocycles. The van der Waals surface area contributed by atoms with Crippen LogP contribution >= 0.6 is 0 Å². The van der Waals surface area contributed by atoms with Crippen LogP contribution in [0.4, 0.5) is 0 Å². The lowest BCUT2D eigenvalue weighted by molar-refractivity contribution is -0.148. The largest absolute Gasteiger partial charge is 0.465 e. The van der Waals surface area contributed by atoms with E-state index in [1.54, 1.807) is 12.4 Å². The van der Waals surface area contributed by atoms with Gasteiger partial charge in [-0.2, -0.15) is 0 Å². The summed E-state index contributed by atoms with van der Waals surface area (Å²) in [6.45, 7) is 16.5. The van der Waals surface area contributed by atoms with Crippen LogP contribution in [0, 0.1) is 10.8 Å². The van der Waals surface area contributed by atoms with Crippen LogP contribution in [0.5, 0.6) is 0 Å². The van der Waals surface area contributed by atoms with Gasteiger partial charge in [-0.3, -0.25) is 14.6 Å². The third-order valence-corrected chi connectivity index (χ3v) is 8.45. The minimum Gasteiger partial charge on any atom is -0.465 e. The molecule has 41 heavy (non-hydrogen) atoms. The SMILES string of the molecule is CCOC(=O)C1CC2(CCN(CC(C)(C)C)CC2)CN1Cc1ccc(CN(Cc2ncc[nH]2)Cc2ncc[nH]2)cc1. The molecule has 1 aromatic carbocycles. The van der Waals surface area contributed by atoms with Gasteiger partial charge in [0.15, 0.2) is 0 Å². The van der Waals surface area contributed by atoms with E-state index in [2.05, 4.69) is 79.7 Å². The molecular weight excluding hydrogens is 514 g/mol. The topological polar surface area (TPSA) is 93.4 Å². The summed E-state index contributed by atoms with van der Waals surface area (Å²) in [4.78, 5) is 35.6. The van der Waals surface area contributed by atoms with E-state index >= 15 is 0 Å². The highest BCUT2D eigenvalue weighted by Gasteiger charge is 2.48. The molecule has 2 saturated heterocycles.